The second-order valence-corrected chi connectivity index (χ2v) is 13.9. The Bertz CT molecular complexity index is 2750. The van der Waals surface area contributed by atoms with Crippen molar-refractivity contribution in [2.24, 2.45) is 0 Å². The topological polar surface area (TPSA) is 13.1 Å². The molecule has 278 valence electrons. The summed E-state index contributed by atoms with van der Waals surface area (Å²) in [5.74, 6) is 0. The number of hydrogen-bond acceptors (Lipinski definition) is 1. The number of hydrogen-bond donors (Lipinski definition) is 0. The summed E-state index contributed by atoms with van der Waals surface area (Å²) in [6, 6.07) is 62.8. The van der Waals surface area contributed by atoms with Crippen LogP contribution in [-0.2, 0) is 0 Å². The van der Waals surface area contributed by atoms with Crippen molar-refractivity contribution in [3.63, 3.8) is 0 Å². The number of allylic oxidation sites excluding steroid dienone is 2. The molecular weight excluding hydrogens is 679 g/mol. The highest BCUT2D eigenvalue weighted by Gasteiger charge is 2.22. The highest BCUT2D eigenvalue weighted by molar-refractivity contribution is 6.24. The molecule has 0 bridgehead atoms. The predicted molar refractivity (Wildman–Crippen MR) is 244 cm³/mol. The molecule has 0 saturated heterocycles. The van der Waals surface area contributed by atoms with Crippen LogP contribution < -0.4 is 0 Å². The van der Waals surface area contributed by atoms with E-state index in [4.69, 9.17) is 0 Å². The van der Waals surface area contributed by atoms with E-state index in [9.17, 15) is 0 Å². The van der Waals surface area contributed by atoms with Gasteiger partial charge in [0, 0.05) is 51.9 Å². The smallest absolute Gasteiger partial charge is 0.0788 e. The number of para-hydroxylation sites is 3. The molecule has 0 aliphatic heterocycles. The lowest BCUT2D eigenvalue weighted by atomic mass is 10.0. The van der Waals surface area contributed by atoms with Gasteiger partial charge in [0.25, 0.3) is 0 Å². The number of rotatable bonds is 7. The van der Waals surface area contributed by atoms with Crippen molar-refractivity contribution >= 4 is 54.9 Å². The van der Waals surface area contributed by atoms with E-state index in [1.54, 1.807) is 0 Å². The SMILES string of the molecule is CC.CC/C=C(/c1ccc2c(c1)c1ccc3c4ccccc4n(-c4ccccc4)c3c1n2-c1ccccc1)N(C)/C=C(\C)c1ccccc1.Cc1ccccc1. The summed E-state index contributed by atoms with van der Waals surface area (Å²) in [5.41, 5.74) is 13.3. The average molecular weight is 730 g/mol. The van der Waals surface area contributed by atoms with Gasteiger partial charge >= 0.3 is 0 Å². The molecule has 0 amide bonds. The largest absolute Gasteiger partial charge is 0.351 e. The van der Waals surface area contributed by atoms with Gasteiger partial charge in [-0.15, -0.1) is 0 Å². The highest BCUT2D eigenvalue weighted by atomic mass is 15.1. The van der Waals surface area contributed by atoms with Crippen LogP contribution in [0.2, 0.25) is 0 Å². The van der Waals surface area contributed by atoms with Crippen LogP contribution in [0.5, 0.6) is 0 Å². The summed E-state index contributed by atoms with van der Waals surface area (Å²) >= 11 is 0. The Morgan fingerprint density at radius 2 is 1.00 bits per heavy atom. The molecule has 9 aromatic rings. The summed E-state index contributed by atoms with van der Waals surface area (Å²) in [5, 5.41) is 5.00. The van der Waals surface area contributed by atoms with Crippen molar-refractivity contribution in [2.75, 3.05) is 7.05 Å². The summed E-state index contributed by atoms with van der Waals surface area (Å²) in [7, 11) is 2.16. The lowest BCUT2D eigenvalue weighted by molar-refractivity contribution is 0.654. The second kappa shape index (κ2) is 17.3. The summed E-state index contributed by atoms with van der Waals surface area (Å²) in [6.45, 7) is 10.5. The van der Waals surface area contributed by atoms with Crippen molar-refractivity contribution in [3.05, 3.63) is 205 Å². The van der Waals surface area contributed by atoms with Gasteiger partial charge in [0.05, 0.1) is 22.1 Å². The van der Waals surface area contributed by atoms with Crippen LogP contribution in [-0.4, -0.2) is 21.1 Å². The van der Waals surface area contributed by atoms with E-state index >= 15 is 0 Å². The fourth-order valence-electron chi connectivity index (χ4n) is 7.73. The van der Waals surface area contributed by atoms with Crippen LogP contribution in [0.15, 0.2) is 188 Å². The van der Waals surface area contributed by atoms with E-state index in [0.29, 0.717) is 0 Å². The molecule has 9 rings (SSSR count). The first-order valence-corrected chi connectivity index (χ1v) is 19.8. The Kier molecular flexibility index (Phi) is 11.6. The van der Waals surface area contributed by atoms with E-state index in [0.717, 1.165) is 17.8 Å². The first kappa shape index (κ1) is 37.7. The quantitative estimate of drug-likeness (QED) is 0.159. The highest BCUT2D eigenvalue weighted by Crippen LogP contribution is 2.42. The lowest BCUT2D eigenvalue weighted by Crippen LogP contribution is -2.10. The number of fused-ring (bicyclic) bond motifs is 7. The van der Waals surface area contributed by atoms with E-state index in [2.05, 4.69) is 212 Å². The molecule has 2 heterocycles. The molecule has 0 unspecified atom stereocenters. The number of aryl methyl sites for hydroxylation is 1. The molecule has 7 aromatic carbocycles. The summed E-state index contributed by atoms with van der Waals surface area (Å²) < 4.78 is 4.90. The van der Waals surface area contributed by atoms with Crippen molar-refractivity contribution in [1.29, 1.82) is 0 Å². The van der Waals surface area contributed by atoms with Gasteiger partial charge in [-0.1, -0.05) is 166 Å². The van der Waals surface area contributed by atoms with Crippen LogP contribution in [0, 0.1) is 6.92 Å². The van der Waals surface area contributed by atoms with Crippen LogP contribution in [0.4, 0.5) is 0 Å². The third-order valence-corrected chi connectivity index (χ3v) is 10.2. The molecule has 3 nitrogen and oxygen atoms in total. The zero-order valence-electron chi connectivity index (χ0n) is 33.4. The van der Waals surface area contributed by atoms with Gasteiger partial charge in [-0.2, -0.15) is 0 Å². The zero-order valence-corrected chi connectivity index (χ0v) is 33.4. The summed E-state index contributed by atoms with van der Waals surface area (Å²) in [6.07, 6.45) is 5.52. The zero-order chi connectivity index (χ0) is 39.0. The van der Waals surface area contributed by atoms with Crippen LogP contribution in [0.1, 0.15) is 50.8 Å². The predicted octanol–water partition coefficient (Wildman–Crippen LogP) is 14.6. The molecule has 2 aromatic heterocycles. The maximum absolute atomic E-state index is 2.46. The van der Waals surface area contributed by atoms with Crippen LogP contribution in [0.3, 0.4) is 0 Å². The Labute approximate surface area is 332 Å². The van der Waals surface area contributed by atoms with Crippen molar-refractivity contribution < 1.29 is 0 Å². The second-order valence-electron chi connectivity index (χ2n) is 13.9. The van der Waals surface area contributed by atoms with Gasteiger partial charge in [-0.3, -0.25) is 0 Å². The van der Waals surface area contributed by atoms with Gasteiger partial charge in [0.15, 0.2) is 0 Å². The third kappa shape index (κ3) is 7.41. The third-order valence-electron chi connectivity index (χ3n) is 10.2. The molecule has 0 radical (unpaired) electrons. The molecule has 0 N–H and O–H groups in total. The minimum Gasteiger partial charge on any atom is -0.351 e. The van der Waals surface area contributed by atoms with Gasteiger partial charge in [-0.25, -0.2) is 0 Å². The maximum Gasteiger partial charge on any atom is 0.0788 e. The van der Waals surface area contributed by atoms with Crippen LogP contribution >= 0.6 is 0 Å². The van der Waals surface area contributed by atoms with E-state index < -0.39 is 0 Å². The van der Waals surface area contributed by atoms with Gasteiger partial charge < -0.3 is 14.0 Å². The lowest BCUT2D eigenvalue weighted by Gasteiger charge is -2.21. The first-order chi connectivity index (χ1) is 27.5. The Hall–Kier alpha value is -6.58. The molecular formula is C53H51N3. The number of aromatic nitrogens is 2. The molecule has 0 aliphatic carbocycles. The van der Waals surface area contributed by atoms with Gasteiger partial charge in [0.1, 0.15) is 0 Å². The molecule has 0 fully saturated rings. The Morgan fingerprint density at radius 1 is 0.518 bits per heavy atom. The van der Waals surface area contributed by atoms with E-state index in [-0.39, 0.29) is 0 Å². The molecule has 56 heavy (non-hydrogen) atoms. The van der Waals surface area contributed by atoms with E-state index in [1.807, 2.05) is 32.0 Å². The average Bonchev–Trinajstić information content (AvgIpc) is 3.77. The Balaban J connectivity index is 0.000000478. The number of benzene rings is 7. The minimum absolute atomic E-state index is 0.944. The monoisotopic (exact) mass is 729 g/mol. The first-order valence-electron chi connectivity index (χ1n) is 19.8. The fourth-order valence-corrected chi connectivity index (χ4v) is 7.73. The minimum atomic E-state index is 0.944. The normalized spacial score (nSPS) is 11.7. The van der Waals surface area contributed by atoms with Crippen molar-refractivity contribution in [2.45, 2.75) is 41.0 Å². The Morgan fingerprint density at radius 3 is 1.54 bits per heavy atom. The summed E-state index contributed by atoms with van der Waals surface area (Å²) in [4.78, 5) is 2.27. The molecule has 0 aliphatic rings. The molecule has 0 saturated carbocycles. The fraction of sp³-hybridized carbons (Fsp3) is 0.132. The number of nitrogens with zero attached hydrogens (tertiary/aromatic N) is 3. The standard InChI is InChI=1S/C44H37N3.C7H8.C2H6/c1-4-16-40(45(3)30-31(2)32-17-8-5-9-18-32)33-25-28-42-39(29-33)38-27-26-37-36-23-14-15-24-41(36)46(34-19-10-6-11-20-34)43(37)44(38)47(42)35-21-12-7-13-22-35;1-7-5-3-2-4-6-7;1-2/h5-30H,4H2,1-3H3;2-6H,1H3;1-2H3/b31-30+,40-16-;;. The van der Waals surface area contributed by atoms with Gasteiger partial charge in [0.2, 0.25) is 0 Å². The van der Waals surface area contributed by atoms with Crippen molar-refractivity contribution in [3.8, 4) is 11.4 Å². The molecule has 0 spiro atoms. The van der Waals surface area contributed by atoms with Gasteiger partial charge in [-0.05, 0) is 79.4 Å². The van der Waals surface area contributed by atoms with Crippen LogP contribution in [0.25, 0.3) is 66.3 Å². The van der Waals surface area contributed by atoms with Crippen molar-refractivity contribution in [1.82, 2.24) is 14.0 Å². The van der Waals surface area contributed by atoms with E-state index in [1.165, 1.54) is 71.6 Å². The molecule has 3 heteroatoms. The maximum atomic E-state index is 2.46. The molecule has 0 atom stereocenters.